The molecule has 2 fully saturated rings. The molecule has 0 bridgehead atoms. The number of hydrogen-bond donors (Lipinski definition) is 1. The summed E-state index contributed by atoms with van der Waals surface area (Å²) in [5.74, 6) is -0.559. The van der Waals surface area contributed by atoms with E-state index < -0.39 is 12.0 Å². The van der Waals surface area contributed by atoms with E-state index in [1.807, 2.05) is 0 Å². The maximum Gasteiger partial charge on any atom is 0.326 e. The van der Waals surface area contributed by atoms with E-state index in [-0.39, 0.29) is 11.9 Å². The lowest BCUT2D eigenvalue weighted by Gasteiger charge is -2.40. The summed E-state index contributed by atoms with van der Waals surface area (Å²) in [5.41, 5.74) is 0.472. The third kappa shape index (κ3) is 3.38. The van der Waals surface area contributed by atoms with Crippen molar-refractivity contribution in [1.29, 1.82) is 0 Å². The number of carboxylic acids is 1. The Balaban J connectivity index is 1.76. The molecule has 0 spiro atoms. The second kappa shape index (κ2) is 7.21. The second-order valence-electron chi connectivity index (χ2n) is 6.51. The molecule has 1 amide bonds. The summed E-state index contributed by atoms with van der Waals surface area (Å²) in [4.78, 5) is 28.4. The highest BCUT2D eigenvalue weighted by molar-refractivity contribution is 5.97. The van der Waals surface area contributed by atoms with Crippen LogP contribution in [0.1, 0.15) is 36.0 Å². The van der Waals surface area contributed by atoms with Crippen LogP contribution in [0.15, 0.2) is 24.3 Å². The Morgan fingerprint density at radius 1 is 1.21 bits per heavy atom. The van der Waals surface area contributed by atoms with Crippen molar-refractivity contribution in [1.82, 2.24) is 9.80 Å². The summed E-state index contributed by atoms with van der Waals surface area (Å²) in [5, 5.41) is 9.63. The van der Waals surface area contributed by atoms with Crippen molar-refractivity contribution >= 4 is 11.9 Å². The summed E-state index contributed by atoms with van der Waals surface area (Å²) in [6, 6.07) is 6.39. The standard InChI is InChI=1S/C18H24N2O4/c1-24-15-6-4-5-13(11-15)17(21)20-10-7-14(12-16(20)18(22)23)19-8-2-3-9-19/h4-6,11,14,16H,2-3,7-10,12H2,1H3,(H,22,23)/t14-,16+/m0/s1. The van der Waals surface area contributed by atoms with Gasteiger partial charge in [-0.2, -0.15) is 0 Å². The highest BCUT2D eigenvalue weighted by atomic mass is 16.5. The Labute approximate surface area is 142 Å². The second-order valence-corrected chi connectivity index (χ2v) is 6.51. The maximum atomic E-state index is 12.8. The molecule has 6 nitrogen and oxygen atoms in total. The summed E-state index contributed by atoms with van der Waals surface area (Å²) < 4.78 is 5.16. The molecule has 2 aliphatic heterocycles. The van der Waals surface area contributed by atoms with Gasteiger partial charge < -0.3 is 19.6 Å². The van der Waals surface area contributed by atoms with Crippen molar-refractivity contribution in [2.75, 3.05) is 26.7 Å². The number of ether oxygens (including phenoxy) is 1. The van der Waals surface area contributed by atoms with Gasteiger partial charge in [-0.1, -0.05) is 6.07 Å². The highest BCUT2D eigenvalue weighted by Crippen LogP contribution is 2.27. The quantitative estimate of drug-likeness (QED) is 0.911. The van der Waals surface area contributed by atoms with E-state index in [1.54, 1.807) is 31.4 Å². The minimum absolute atomic E-state index is 0.235. The van der Waals surface area contributed by atoms with E-state index in [0.717, 1.165) is 19.5 Å². The Bertz CT molecular complexity index is 613. The lowest BCUT2D eigenvalue weighted by molar-refractivity contribution is -0.144. The molecule has 0 aliphatic carbocycles. The lowest BCUT2D eigenvalue weighted by atomic mass is 9.95. The first-order chi connectivity index (χ1) is 11.6. The average molecular weight is 332 g/mol. The molecule has 130 valence electrons. The van der Waals surface area contributed by atoms with Gasteiger partial charge in [0.1, 0.15) is 11.8 Å². The van der Waals surface area contributed by atoms with Gasteiger partial charge in [-0.25, -0.2) is 4.79 Å². The maximum absolute atomic E-state index is 12.8. The van der Waals surface area contributed by atoms with Gasteiger partial charge in [0.2, 0.25) is 0 Å². The zero-order valence-electron chi connectivity index (χ0n) is 14.0. The van der Waals surface area contributed by atoms with Crippen LogP contribution in [-0.2, 0) is 4.79 Å². The molecular weight excluding hydrogens is 308 g/mol. The summed E-state index contributed by atoms with van der Waals surface area (Å²) in [6.07, 6.45) is 3.70. The van der Waals surface area contributed by atoms with Crippen molar-refractivity contribution in [3.8, 4) is 5.75 Å². The number of aliphatic carboxylic acids is 1. The van der Waals surface area contributed by atoms with E-state index in [4.69, 9.17) is 4.74 Å². The van der Waals surface area contributed by atoms with Crippen molar-refractivity contribution in [3.05, 3.63) is 29.8 Å². The molecule has 1 N–H and O–H groups in total. The minimum atomic E-state index is -0.921. The van der Waals surface area contributed by atoms with Crippen molar-refractivity contribution < 1.29 is 19.4 Å². The first-order valence-electron chi connectivity index (χ1n) is 8.52. The number of methoxy groups -OCH3 is 1. The number of likely N-dealkylation sites (tertiary alicyclic amines) is 2. The molecule has 2 atom stereocenters. The van der Waals surface area contributed by atoms with E-state index in [2.05, 4.69) is 4.90 Å². The number of amides is 1. The van der Waals surface area contributed by atoms with Gasteiger partial charge in [-0.05, 0) is 57.0 Å². The Hall–Kier alpha value is -2.08. The molecule has 0 saturated carbocycles. The van der Waals surface area contributed by atoms with Gasteiger partial charge >= 0.3 is 5.97 Å². The van der Waals surface area contributed by atoms with Crippen molar-refractivity contribution in [2.45, 2.75) is 37.8 Å². The summed E-state index contributed by atoms with van der Waals surface area (Å²) in [7, 11) is 1.55. The zero-order valence-corrected chi connectivity index (χ0v) is 14.0. The van der Waals surface area contributed by atoms with Crippen LogP contribution in [0.4, 0.5) is 0 Å². The fraction of sp³-hybridized carbons (Fsp3) is 0.556. The monoisotopic (exact) mass is 332 g/mol. The van der Waals surface area contributed by atoms with E-state index in [0.29, 0.717) is 24.3 Å². The van der Waals surface area contributed by atoms with Gasteiger partial charge in [0.25, 0.3) is 5.91 Å². The van der Waals surface area contributed by atoms with E-state index in [1.165, 1.54) is 17.7 Å². The molecule has 0 aromatic heterocycles. The number of carboxylic acid groups (broad SMARTS) is 1. The number of piperidine rings is 1. The number of benzene rings is 1. The van der Waals surface area contributed by atoms with Gasteiger partial charge in [0, 0.05) is 18.2 Å². The van der Waals surface area contributed by atoms with Gasteiger partial charge in [-0.3, -0.25) is 4.79 Å². The Morgan fingerprint density at radius 2 is 1.96 bits per heavy atom. The van der Waals surface area contributed by atoms with Crippen molar-refractivity contribution in [3.63, 3.8) is 0 Å². The predicted octanol–water partition coefficient (Wildman–Crippen LogP) is 1.85. The lowest BCUT2D eigenvalue weighted by Crippen LogP contribution is -2.54. The minimum Gasteiger partial charge on any atom is -0.497 e. The molecule has 24 heavy (non-hydrogen) atoms. The number of carbonyl (C=O) groups excluding carboxylic acids is 1. The molecular formula is C18H24N2O4. The van der Waals surface area contributed by atoms with Crippen LogP contribution in [0.2, 0.25) is 0 Å². The van der Waals surface area contributed by atoms with E-state index in [9.17, 15) is 14.7 Å². The number of hydrogen-bond acceptors (Lipinski definition) is 4. The molecule has 0 unspecified atom stereocenters. The first-order valence-corrected chi connectivity index (χ1v) is 8.52. The number of carbonyl (C=O) groups is 2. The summed E-state index contributed by atoms with van der Waals surface area (Å²) in [6.45, 7) is 2.57. The molecule has 1 aromatic rings. The third-order valence-corrected chi connectivity index (χ3v) is 5.09. The molecule has 2 aliphatic rings. The first kappa shape index (κ1) is 16.8. The smallest absolute Gasteiger partial charge is 0.326 e. The average Bonchev–Trinajstić information content (AvgIpc) is 3.15. The zero-order chi connectivity index (χ0) is 17.1. The SMILES string of the molecule is COc1cccc(C(=O)N2CC[C@H](N3CCCC3)C[C@@H]2C(=O)O)c1. The number of nitrogens with zero attached hydrogens (tertiary/aromatic N) is 2. The van der Waals surface area contributed by atoms with Gasteiger partial charge in [0.15, 0.2) is 0 Å². The van der Waals surface area contributed by atoms with Crippen LogP contribution >= 0.6 is 0 Å². The van der Waals surface area contributed by atoms with Crippen LogP contribution in [0, 0.1) is 0 Å². The Kier molecular flexibility index (Phi) is 5.04. The van der Waals surface area contributed by atoms with Crippen LogP contribution < -0.4 is 4.74 Å². The largest absolute Gasteiger partial charge is 0.497 e. The fourth-order valence-electron chi connectivity index (χ4n) is 3.78. The van der Waals surface area contributed by atoms with Crippen LogP contribution in [-0.4, -0.2) is 65.6 Å². The molecule has 6 heteroatoms. The van der Waals surface area contributed by atoms with E-state index >= 15 is 0 Å². The Morgan fingerprint density at radius 3 is 2.62 bits per heavy atom. The molecule has 2 heterocycles. The van der Waals surface area contributed by atoms with Gasteiger partial charge in [0.05, 0.1) is 7.11 Å². The van der Waals surface area contributed by atoms with Crippen LogP contribution in [0.5, 0.6) is 5.75 Å². The fourth-order valence-corrected chi connectivity index (χ4v) is 3.78. The predicted molar refractivity (Wildman–Crippen MR) is 89.3 cm³/mol. The van der Waals surface area contributed by atoms with Crippen molar-refractivity contribution in [2.24, 2.45) is 0 Å². The molecule has 2 saturated heterocycles. The third-order valence-electron chi connectivity index (χ3n) is 5.09. The normalized spacial score (nSPS) is 24.8. The van der Waals surface area contributed by atoms with Crippen LogP contribution in [0.25, 0.3) is 0 Å². The highest BCUT2D eigenvalue weighted by Gasteiger charge is 2.39. The van der Waals surface area contributed by atoms with Gasteiger partial charge in [-0.15, -0.1) is 0 Å². The van der Waals surface area contributed by atoms with Crippen LogP contribution in [0.3, 0.4) is 0 Å². The molecule has 0 radical (unpaired) electrons. The summed E-state index contributed by atoms with van der Waals surface area (Å²) >= 11 is 0. The molecule has 1 aromatic carbocycles. The number of rotatable bonds is 4. The topological polar surface area (TPSA) is 70.1 Å². The molecule has 3 rings (SSSR count).